The van der Waals surface area contributed by atoms with Gasteiger partial charge in [0.2, 0.25) is 5.91 Å². The van der Waals surface area contributed by atoms with Crippen LogP contribution in [0.2, 0.25) is 0 Å². The molecule has 1 aliphatic heterocycles. The Labute approximate surface area is 135 Å². The van der Waals surface area contributed by atoms with E-state index in [0.717, 1.165) is 31.5 Å². The highest BCUT2D eigenvalue weighted by atomic mass is 35.5. The number of likely N-dealkylation sites (tertiary alicyclic amines) is 1. The van der Waals surface area contributed by atoms with Crippen LogP contribution in [0.1, 0.15) is 18.4 Å². The van der Waals surface area contributed by atoms with Gasteiger partial charge >= 0.3 is 6.61 Å². The Kier molecular flexibility index (Phi) is 7.55. The van der Waals surface area contributed by atoms with Crippen LogP contribution >= 0.6 is 12.4 Å². The fraction of sp³-hybridized carbons (Fsp3) is 0.533. The first-order valence-electron chi connectivity index (χ1n) is 7.07. The molecule has 1 saturated heterocycles. The Morgan fingerprint density at radius 1 is 1.41 bits per heavy atom. The smallest absolute Gasteiger partial charge is 0.387 e. The summed E-state index contributed by atoms with van der Waals surface area (Å²) in [6.45, 7) is -1.32. The van der Waals surface area contributed by atoms with E-state index in [4.69, 9.17) is 0 Å². The van der Waals surface area contributed by atoms with Crippen LogP contribution in [0.3, 0.4) is 0 Å². The molecule has 0 bridgehead atoms. The van der Waals surface area contributed by atoms with E-state index in [1.165, 1.54) is 12.1 Å². The van der Waals surface area contributed by atoms with Gasteiger partial charge in [-0.2, -0.15) is 8.78 Å². The Bertz CT molecular complexity index is 471. The minimum atomic E-state index is -2.83. The van der Waals surface area contributed by atoms with Crippen LogP contribution in [0.4, 0.5) is 8.78 Å². The van der Waals surface area contributed by atoms with E-state index >= 15 is 0 Å². The number of alkyl halides is 2. The van der Waals surface area contributed by atoms with Crippen molar-refractivity contribution >= 4 is 18.3 Å². The molecule has 1 atom stereocenters. The summed E-state index contributed by atoms with van der Waals surface area (Å²) >= 11 is 0. The molecule has 124 valence electrons. The zero-order valence-corrected chi connectivity index (χ0v) is 13.2. The molecule has 1 fully saturated rings. The molecule has 1 aliphatic rings. The lowest BCUT2D eigenvalue weighted by Gasteiger charge is -2.32. The first-order chi connectivity index (χ1) is 10.1. The van der Waals surface area contributed by atoms with E-state index < -0.39 is 6.61 Å². The number of amides is 1. The summed E-state index contributed by atoms with van der Waals surface area (Å²) in [7, 11) is 1.90. The summed E-state index contributed by atoms with van der Waals surface area (Å²) in [5, 5.41) is 3.20. The molecule has 1 amide bonds. The molecule has 0 saturated carbocycles. The number of rotatable bonds is 5. The number of nitrogens with zero attached hydrogens (tertiary/aromatic N) is 1. The third kappa shape index (κ3) is 5.42. The number of likely N-dealkylation sites (N-methyl/N-ethyl adjacent to an activating group) is 1. The topological polar surface area (TPSA) is 41.6 Å². The van der Waals surface area contributed by atoms with Crippen molar-refractivity contribution in [2.75, 3.05) is 20.1 Å². The average Bonchev–Trinajstić information content (AvgIpc) is 2.49. The van der Waals surface area contributed by atoms with Crippen molar-refractivity contribution in [1.29, 1.82) is 0 Å². The van der Waals surface area contributed by atoms with Crippen molar-refractivity contribution in [1.82, 2.24) is 10.2 Å². The molecule has 1 aromatic rings. The number of ether oxygens (including phenoxy) is 1. The van der Waals surface area contributed by atoms with Gasteiger partial charge in [-0.3, -0.25) is 4.79 Å². The van der Waals surface area contributed by atoms with Crippen molar-refractivity contribution in [3.8, 4) is 5.75 Å². The molecule has 1 heterocycles. The summed E-state index contributed by atoms with van der Waals surface area (Å²) in [6.07, 6.45) is 2.36. The number of nitrogens with one attached hydrogen (secondary N) is 1. The van der Waals surface area contributed by atoms with E-state index in [9.17, 15) is 13.6 Å². The van der Waals surface area contributed by atoms with Crippen molar-refractivity contribution in [2.24, 2.45) is 0 Å². The zero-order chi connectivity index (χ0) is 15.2. The second kappa shape index (κ2) is 8.90. The fourth-order valence-electron chi connectivity index (χ4n) is 2.51. The fourth-order valence-corrected chi connectivity index (χ4v) is 2.51. The number of carbonyl (C=O) groups excluding carboxylic acids is 1. The maximum absolute atomic E-state index is 12.2. The number of piperidine rings is 1. The van der Waals surface area contributed by atoms with Crippen molar-refractivity contribution in [2.45, 2.75) is 31.9 Å². The van der Waals surface area contributed by atoms with Crippen LogP contribution in [-0.2, 0) is 11.2 Å². The summed E-state index contributed by atoms with van der Waals surface area (Å²) in [5.41, 5.74) is 0.799. The number of benzene rings is 1. The van der Waals surface area contributed by atoms with Gasteiger partial charge in [-0.25, -0.2) is 0 Å². The van der Waals surface area contributed by atoms with Gasteiger partial charge in [0.05, 0.1) is 6.42 Å². The maximum Gasteiger partial charge on any atom is 0.387 e. The lowest BCUT2D eigenvalue weighted by Crippen LogP contribution is -2.47. The van der Waals surface area contributed by atoms with Crippen molar-refractivity contribution in [3.05, 3.63) is 29.8 Å². The molecule has 0 radical (unpaired) electrons. The highest BCUT2D eigenvalue weighted by Crippen LogP contribution is 2.17. The predicted molar refractivity (Wildman–Crippen MR) is 82.7 cm³/mol. The van der Waals surface area contributed by atoms with Gasteiger partial charge in [-0.15, -0.1) is 12.4 Å². The van der Waals surface area contributed by atoms with Crippen LogP contribution in [0.15, 0.2) is 24.3 Å². The molecule has 0 spiro atoms. The molecule has 0 aliphatic carbocycles. The van der Waals surface area contributed by atoms with Gasteiger partial charge in [0.15, 0.2) is 0 Å². The maximum atomic E-state index is 12.2. The number of carbonyl (C=O) groups is 1. The van der Waals surface area contributed by atoms with Crippen LogP contribution in [-0.4, -0.2) is 43.6 Å². The number of hydrogen-bond donors (Lipinski definition) is 1. The second-order valence-corrected chi connectivity index (χ2v) is 5.17. The lowest BCUT2D eigenvalue weighted by molar-refractivity contribution is -0.131. The minimum absolute atomic E-state index is 0. The van der Waals surface area contributed by atoms with E-state index in [0.29, 0.717) is 6.04 Å². The van der Waals surface area contributed by atoms with Gasteiger partial charge in [-0.05, 0) is 37.6 Å². The monoisotopic (exact) mass is 334 g/mol. The van der Waals surface area contributed by atoms with E-state index in [2.05, 4.69) is 10.1 Å². The van der Waals surface area contributed by atoms with Gasteiger partial charge in [0.1, 0.15) is 5.75 Å². The SMILES string of the molecule is CNC1CCCN(C(=O)Cc2ccc(OC(F)F)cc2)C1.Cl. The zero-order valence-electron chi connectivity index (χ0n) is 12.4. The summed E-state index contributed by atoms with van der Waals surface area (Å²) in [4.78, 5) is 14.1. The summed E-state index contributed by atoms with van der Waals surface area (Å²) < 4.78 is 28.4. The van der Waals surface area contributed by atoms with Gasteiger partial charge < -0.3 is 15.0 Å². The summed E-state index contributed by atoms with van der Waals surface area (Å²) in [6, 6.07) is 6.57. The van der Waals surface area contributed by atoms with Crippen LogP contribution in [0.25, 0.3) is 0 Å². The molecule has 4 nitrogen and oxygen atoms in total. The molecule has 1 N–H and O–H groups in total. The average molecular weight is 335 g/mol. The van der Waals surface area contributed by atoms with Crippen LogP contribution in [0, 0.1) is 0 Å². The standard InChI is InChI=1S/C15H20F2N2O2.ClH/c1-18-12-3-2-8-19(10-12)14(20)9-11-4-6-13(7-5-11)21-15(16)17;/h4-7,12,15,18H,2-3,8-10H2,1H3;1H. The van der Waals surface area contributed by atoms with E-state index in [1.807, 2.05) is 11.9 Å². The molecule has 1 aromatic carbocycles. The Hall–Kier alpha value is -1.40. The van der Waals surface area contributed by atoms with Crippen LogP contribution in [0.5, 0.6) is 5.75 Å². The quantitative estimate of drug-likeness (QED) is 0.899. The summed E-state index contributed by atoms with van der Waals surface area (Å²) in [5.74, 6) is 0.173. The Balaban J connectivity index is 0.00000242. The third-order valence-corrected chi connectivity index (χ3v) is 3.69. The Morgan fingerprint density at radius 3 is 2.68 bits per heavy atom. The predicted octanol–water partition coefficient (Wildman–Crippen LogP) is 2.46. The van der Waals surface area contributed by atoms with Gasteiger partial charge in [-0.1, -0.05) is 12.1 Å². The first-order valence-corrected chi connectivity index (χ1v) is 7.07. The molecule has 7 heteroatoms. The molecule has 0 aromatic heterocycles. The number of hydrogen-bond acceptors (Lipinski definition) is 3. The normalized spacial score (nSPS) is 18.0. The van der Waals surface area contributed by atoms with E-state index in [1.54, 1.807) is 12.1 Å². The minimum Gasteiger partial charge on any atom is -0.435 e. The third-order valence-electron chi connectivity index (χ3n) is 3.69. The highest BCUT2D eigenvalue weighted by Gasteiger charge is 2.22. The highest BCUT2D eigenvalue weighted by molar-refractivity contribution is 5.85. The van der Waals surface area contributed by atoms with Gasteiger partial charge in [0, 0.05) is 19.1 Å². The Morgan fingerprint density at radius 2 is 2.09 bits per heavy atom. The first kappa shape index (κ1) is 18.6. The molecule has 1 unspecified atom stereocenters. The molecular formula is C15H21ClF2N2O2. The van der Waals surface area contributed by atoms with E-state index in [-0.39, 0.29) is 30.5 Å². The number of halogens is 3. The van der Waals surface area contributed by atoms with Crippen LogP contribution < -0.4 is 10.1 Å². The van der Waals surface area contributed by atoms with Crippen molar-refractivity contribution in [3.63, 3.8) is 0 Å². The second-order valence-electron chi connectivity index (χ2n) is 5.17. The van der Waals surface area contributed by atoms with Gasteiger partial charge in [0.25, 0.3) is 0 Å². The molecular weight excluding hydrogens is 314 g/mol. The van der Waals surface area contributed by atoms with Crippen molar-refractivity contribution < 1.29 is 18.3 Å². The largest absolute Gasteiger partial charge is 0.435 e. The molecule has 22 heavy (non-hydrogen) atoms. The molecule has 2 rings (SSSR count). The lowest BCUT2D eigenvalue weighted by atomic mass is 10.0.